The lowest BCUT2D eigenvalue weighted by Crippen LogP contribution is -2.45. The van der Waals surface area contributed by atoms with Crippen molar-refractivity contribution in [2.75, 3.05) is 40.9 Å². The van der Waals surface area contributed by atoms with Crippen molar-refractivity contribution in [1.29, 1.82) is 0 Å². The second-order valence-electron chi connectivity index (χ2n) is 16.8. The molecule has 0 aromatic carbocycles. The quantitative estimate of drug-likeness (QED) is 0.0247. The summed E-state index contributed by atoms with van der Waals surface area (Å²) in [6, 6.07) is -0.841. The van der Waals surface area contributed by atoms with Crippen LogP contribution in [-0.4, -0.2) is 73.4 Å². The van der Waals surface area contributed by atoms with Gasteiger partial charge in [-0.3, -0.25) is 13.8 Å². The van der Waals surface area contributed by atoms with Crippen molar-refractivity contribution in [3.05, 3.63) is 24.3 Å². The van der Waals surface area contributed by atoms with Crippen LogP contribution in [0.4, 0.5) is 0 Å². The zero-order valence-electron chi connectivity index (χ0n) is 36.2. The van der Waals surface area contributed by atoms with E-state index in [-0.39, 0.29) is 19.1 Å². The molecule has 0 heterocycles. The predicted octanol–water partition coefficient (Wildman–Crippen LogP) is 12.5. The molecule has 3 N–H and O–H groups in total. The van der Waals surface area contributed by atoms with E-state index in [4.69, 9.17) is 9.05 Å². The molecule has 0 bridgehead atoms. The van der Waals surface area contributed by atoms with Gasteiger partial charge < -0.3 is 19.8 Å². The highest BCUT2D eigenvalue weighted by Gasteiger charge is 2.27. The standard InChI is InChI=1S/C45H89N2O6P/c1-6-8-10-12-14-16-17-18-19-20-21-22-23-24-25-26-27-28-29-31-33-35-37-39-45(49)46-43(42-53-54(50,51)52-41-40-47(3,4)5)44(48)38-36-34-32-30-15-13-11-9-7-2/h18-19,36,38,43-44,48H,6-17,20-35,37,39-42H2,1-5H3,(H-,46,49,50,51)/p+1/b19-18+,38-36+/t43-,44+/m0/s1. The van der Waals surface area contributed by atoms with Crippen molar-refractivity contribution in [2.45, 2.75) is 219 Å². The van der Waals surface area contributed by atoms with Crippen LogP contribution in [0, 0.1) is 0 Å². The molecular weight excluding hydrogens is 695 g/mol. The summed E-state index contributed by atoms with van der Waals surface area (Å²) < 4.78 is 23.5. The van der Waals surface area contributed by atoms with Crippen molar-refractivity contribution in [3.63, 3.8) is 0 Å². The van der Waals surface area contributed by atoms with E-state index in [9.17, 15) is 19.4 Å². The van der Waals surface area contributed by atoms with E-state index in [0.717, 1.165) is 38.5 Å². The lowest BCUT2D eigenvalue weighted by atomic mass is 10.0. The molecule has 1 amide bonds. The molecule has 0 saturated carbocycles. The van der Waals surface area contributed by atoms with Crippen molar-refractivity contribution >= 4 is 13.7 Å². The Hall–Kier alpha value is -1.02. The number of likely N-dealkylation sites (N-methyl/N-ethyl adjacent to an activating group) is 1. The lowest BCUT2D eigenvalue weighted by Gasteiger charge is -2.25. The van der Waals surface area contributed by atoms with Crippen molar-refractivity contribution in [3.8, 4) is 0 Å². The molecule has 0 aliphatic carbocycles. The number of amides is 1. The number of aliphatic hydroxyl groups excluding tert-OH is 1. The van der Waals surface area contributed by atoms with Gasteiger partial charge in [-0.2, -0.15) is 0 Å². The minimum absolute atomic E-state index is 0.0626. The van der Waals surface area contributed by atoms with Gasteiger partial charge in [0.15, 0.2) is 0 Å². The first-order chi connectivity index (χ1) is 26.0. The molecule has 0 rings (SSSR count). The maximum atomic E-state index is 12.8. The second-order valence-corrected chi connectivity index (χ2v) is 18.2. The molecule has 0 aliphatic heterocycles. The zero-order valence-corrected chi connectivity index (χ0v) is 37.1. The van der Waals surface area contributed by atoms with Gasteiger partial charge in [-0.15, -0.1) is 0 Å². The molecule has 320 valence electrons. The highest BCUT2D eigenvalue weighted by molar-refractivity contribution is 7.47. The molecule has 3 atom stereocenters. The molecule has 0 spiro atoms. The van der Waals surface area contributed by atoms with Gasteiger partial charge in [0.25, 0.3) is 0 Å². The summed E-state index contributed by atoms with van der Waals surface area (Å²) in [5.41, 5.74) is 0. The van der Waals surface area contributed by atoms with Crippen LogP contribution >= 0.6 is 7.82 Å². The van der Waals surface area contributed by atoms with Gasteiger partial charge in [-0.1, -0.05) is 179 Å². The van der Waals surface area contributed by atoms with E-state index in [1.54, 1.807) is 6.08 Å². The molecular formula is C45H90N2O6P+. The van der Waals surface area contributed by atoms with Crippen LogP contribution in [0.25, 0.3) is 0 Å². The maximum absolute atomic E-state index is 12.8. The van der Waals surface area contributed by atoms with E-state index in [1.807, 2.05) is 27.2 Å². The first-order valence-electron chi connectivity index (χ1n) is 22.7. The van der Waals surface area contributed by atoms with Gasteiger partial charge >= 0.3 is 7.82 Å². The lowest BCUT2D eigenvalue weighted by molar-refractivity contribution is -0.870. The monoisotopic (exact) mass is 786 g/mol. The molecule has 0 aromatic heterocycles. The third kappa shape index (κ3) is 39.2. The van der Waals surface area contributed by atoms with E-state index in [2.05, 4.69) is 31.3 Å². The van der Waals surface area contributed by atoms with Gasteiger partial charge in [-0.05, 0) is 44.9 Å². The number of hydrogen-bond donors (Lipinski definition) is 3. The molecule has 0 radical (unpaired) electrons. The number of quaternary nitrogens is 1. The maximum Gasteiger partial charge on any atom is 0.472 e. The number of carbonyl (C=O) groups is 1. The third-order valence-corrected chi connectivity index (χ3v) is 11.1. The Morgan fingerprint density at radius 1 is 0.611 bits per heavy atom. The normalized spacial score (nSPS) is 14.6. The van der Waals surface area contributed by atoms with Gasteiger partial charge in [0.1, 0.15) is 13.2 Å². The fraction of sp³-hybridized carbons (Fsp3) is 0.889. The Kier molecular flexibility index (Phi) is 36.8. The number of hydrogen-bond acceptors (Lipinski definition) is 5. The summed E-state index contributed by atoms with van der Waals surface area (Å²) >= 11 is 0. The van der Waals surface area contributed by atoms with Gasteiger partial charge in [0.05, 0.1) is 39.9 Å². The number of nitrogens with zero attached hydrogens (tertiary/aromatic N) is 1. The number of carbonyl (C=O) groups excluding carboxylic acids is 1. The van der Waals surface area contributed by atoms with Crippen LogP contribution in [0.15, 0.2) is 24.3 Å². The Balaban J connectivity index is 4.18. The highest BCUT2D eigenvalue weighted by atomic mass is 31.2. The third-order valence-electron chi connectivity index (χ3n) is 10.2. The van der Waals surface area contributed by atoms with Crippen LogP contribution in [-0.2, 0) is 18.4 Å². The number of phosphoric ester groups is 1. The first kappa shape index (κ1) is 53.0. The van der Waals surface area contributed by atoms with Crippen LogP contribution in [0.5, 0.6) is 0 Å². The van der Waals surface area contributed by atoms with Gasteiger partial charge in [-0.25, -0.2) is 4.57 Å². The largest absolute Gasteiger partial charge is 0.472 e. The highest BCUT2D eigenvalue weighted by Crippen LogP contribution is 2.43. The molecule has 8 nitrogen and oxygen atoms in total. The van der Waals surface area contributed by atoms with Gasteiger partial charge in [0.2, 0.25) is 5.91 Å². The molecule has 0 saturated heterocycles. The average molecular weight is 786 g/mol. The molecule has 9 heteroatoms. The predicted molar refractivity (Wildman–Crippen MR) is 231 cm³/mol. The number of phosphoric acid groups is 1. The average Bonchev–Trinajstić information content (AvgIpc) is 3.12. The van der Waals surface area contributed by atoms with E-state index < -0.39 is 20.0 Å². The summed E-state index contributed by atoms with van der Waals surface area (Å²) in [6.45, 7) is 4.78. The minimum Gasteiger partial charge on any atom is -0.387 e. The topological polar surface area (TPSA) is 105 Å². The SMILES string of the molecule is CCCCCCCC/C=C/CCCCCCCCCCCCCCCC(=O)N[C@@H](COP(=O)(O)OCC[N+](C)(C)C)[C@H](O)/C=C/CCCCCCCCC. The fourth-order valence-corrected chi connectivity index (χ4v) is 7.24. The van der Waals surface area contributed by atoms with Gasteiger partial charge in [0, 0.05) is 6.42 Å². The number of nitrogens with one attached hydrogen (secondary N) is 1. The van der Waals surface area contributed by atoms with Crippen LogP contribution in [0.2, 0.25) is 0 Å². The van der Waals surface area contributed by atoms with E-state index in [1.165, 1.54) is 148 Å². The molecule has 0 aliphatic rings. The summed E-state index contributed by atoms with van der Waals surface area (Å²) in [6.07, 6.45) is 44.0. The first-order valence-corrected chi connectivity index (χ1v) is 24.2. The molecule has 1 unspecified atom stereocenters. The molecule has 0 fully saturated rings. The molecule has 0 aromatic rings. The van der Waals surface area contributed by atoms with Crippen molar-refractivity contribution in [1.82, 2.24) is 5.32 Å². The van der Waals surface area contributed by atoms with Crippen molar-refractivity contribution in [2.24, 2.45) is 0 Å². The number of allylic oxidation sites excluding steroid dienone is 3. The summed E-state index contributed by atoms with van der Waals surface area (Å²) in [7, 11) is 1.57. The van der Waals surface area contributed by atoms with Crippen molar-refractivity contribution < 1.29 is 32.9 Å². The molecule has 54 heavy (non-hydrogen) atoms. The Labute approximate surface area is 334 Å². The second kappa shape index (κ2) is 37.6. The number of unbranched alkanes of at least 4 members (excludes halogenated alkanes) is 26. The Bertz CT molecular complexity index is 938. The number of rotatable bonds is 41. The Morgan fingerprint density at radius 3 is 1.43 bits per heavy atom. The summed E-state index contributed by atoms with van der Waals surface area (Å²) in [5.74, 6) is -0.179. The zero-order chi connectivity index (χ0) is 40.0. The van der Waals surface area contributed by atoms with Crippen LogP contribution in [0.1, 0.15) is 206 Å². The number of aliphatic hydroxyl groups is 1. The Morgan fingerprint density at radius 2 is 1.00 bits per heavy atom. The summed E-state index contributed by atoms with van der Waals surface area (Å²) in [4.78, 5) is 23.0. The summed E-state index contributed by atoms with van der Waals surface area (Å²) in [5, 5.41) is 13.8. The smallest absolute Gasteiger partial charge is 0.387 e. The van der Waals surface area contributed by atoms with E-state index >= 15 is 0 Å². The fourth-order valence-electron chi connectivity index (χ4n) is 6.51. The van der Waals surface area contributed by atoms with Crippen LogP contribution < -0.4 is 5.32 Å². The minimum atomic E-state index is -4.33. The van der Waals surface area contributed by atoms with E-state index in [0.29, 0.717) is 17.4 Å². The van der Waals surface area contributed by atoms with Crippen LogP contribution in [0.3, 0.4) is 0 Å².